The molecule has 0 aliphatic carbocycles. The van der Waals surface area contributed by atoms with Crippen LogP contribution in [0.15, 0.2) is 70.6 Å². The molecule has 3 aromatic rings. The predicted molar refractivity (Wildman–Crippen MR) is 112 cm³/mol. The Kier molecular flexibility index (Phi) is 4.88. The summed E-state index contributed by atoms with van der Waals surface area (Å²) < 4.78 is 15.2. The molecule has 2 aromatic carbocycles. The number of rotatable bonds is 3. The second kappa shape index (κ2) is 7.48. The van der Waals surface area contributed by atoms with E-state index in [9.17, 15) is 9.18 Å². The van der Waals surface area contributed by atoms with E-state index in [0.717, 1.165) is 22.6 Å². The lowest BCUT2D eigenvalue weighted by Crippen LogP contribution is -2.19. The number of halogens is 1. The highest BCUT2D eigenvalue weighted by Crippen LogP contribution is 2.30. The first-order chi connectivity index (χ1) is 13.5. The molecule has 6 heteroatoms. The Morgan fingerprint density at radius 3 is 2.50 bits per heavy atom. The largest absolute Gasteiger partial charge is 0.318 e. The van der Waals surface area contributed by atoms with Crippen LogP contribution < -0.4 is 5.32 Å². The van der Waals surface area contributed by atoms with Gasteiger partial charge in [-0.25, -0.2) is 9.38 Å². The van der Waals surface area contributed by atoms with Gasteiger partial charge in [0.15, 0.2) is 5.17 Å². The molecule has 1 aromatic heterocycles. The van der Waals surface area contributed by atoms with Gasteiger partial charge in [0.1, 0.15) is 5.82 Å². The SMILES string of the molecule is Cc1cc(C=C2SC(=Nc3ccc(F)cc3)NC2=O)c(C)n1-c1ccccc1. The summed E-state index contributed by atoms with van der Waals surface area (Å²) in [5.74, 6) is -0.503. The maximum Gasteiger partial charge on any atom is 0.264 e. The molecule has 140 valence electrons. The van der Waals surface area contributed by atoms with Gasteiger partial charge in [0.05, 0.1) is 10.6 Å². The summed E-state index contributed by atoms with van der Waals surface area (Å²) in [5, 5.41) is 3.25. The van der Waals surface area contributed by atoms with E-state index < -0.39 is 0 Å². The van der Waals surface area contributed by atoms with Crippen molar-refractivity contribution in [3.8, 4) is 5.69 Å². The number of aliphatic imine (C=N–C) groups is 1. The lowest BCUT2D eigenvalue weighted by molar-refractivity contribution is -0.115. The molecule has 28 heavy (non-hydrogen) atoms. The third-order valence-corrected chi connectivity index (χ3v) is 5.39. The van der Waals surface area contributed by atoms with Gasteiger partial charge in [-0.15, -0.1) is 0 Å². The summed E-state index contributed by atoms with van der Waals surface area (Å²) in [6, 6.07) is 18.0. The van der Waals surface area contributed by atoms with Crippen LogP contribution in [0.25, 0.3) is 11.8 Å². The van der Waals surface area contributed by atoms with Gasteiger partial charge in [-0.05, 0) is 79.7 Å². The standard InChI is InChI=1S/C22H18FN3OS/c1-14-12-16(15(2)26(14)19-6-4-3-5-7-19)13-20-21(27)25-22(28-20)24-18-10-8-17(23)9-11-18/h3-13H,1-2H3,(H,24,25,27). The Labute approximate surface area is 166 Å². The van der Waals surface area contributed by atoms with Crippen molar-refractivity contribution >= 4 is 34.6 Å². The average Bonchev–Trinajstić information content (AvgIpc) is 3.16. The van der Waals surface area contributed by atoms with Gasteiger partial charge in [0, 0.05) is 17.1 Å². The smallest absolute Gasteiger partial charge is 0.264 e. The molecule has 1 aliphatic heterocycles. The van der Waals surface area contributed by atoms with Crippen LogP contribution in [0.4, 0.5) is 10.1 Å². The second-order valence-electron chi connectivity index (χ2n) is 6.46. The number of carbonyl (C=O) groups excluding carboxylic acids is 1. The van der Waals surface area contributed by atoms with E-state index in [1.165, 1.54) is 23.9 Å². The van der Waals surface area contributed by atoms with Gasteiger partial charge < -0.3 is 9.88 Å². The number of amidine groups is 1. The fraction of sp³-hybridized carbons (Fsp3) is 0.0909. The Hall–Kier alpha value is -3.12. The summed E-state index contributed by atoms with van der Waals surface area (Å²) in [7, 11) is 0. The monoisotopic (exact) mass is 391 g/mol. The molecule has 0 saturated carbocycles. The van der Waals surface area contributed by atoms with Gasteiger partial charge in [-0.3, -0.25) is 4.79 Å². The maximum absolute atomic E-state index is 13.0. The maximum atomic E-state index is 13.0. The Balaban J connectivity index is 1.63. The van der Waals surface area contributed by atoms with Gasteiger partial charge in [-0.1, -0.05) is 18.2 Å². The third-order valence-electron chi connectivity index (χ3n) is 4.48. The number of amides is 1. The number of benzene rings is 2. The minimum absolute atomic E-state index is 0.185. The molecule has 2 heterocycles. The van der Waals surface area contributed by atoms with E-state index in [4.69, 9.17) is 0 Å². The Bertz CT molecular complexity index is 1100. The molecule has 1 fully saturated rings. The predicted octanol–water partition coefficient (Wildman–Crippen LogP) is 5.12. The van der Waals surface area contributed by atoms with E-state index in [0.29, 0.717) is 15.8 Å². The van der Waals surface area contributed by atoms with Crippen molar-refractivity contribution in [1.29, 1.82) is 0 Å². The number of nitrogens with one attached hydrogen (secondary N) is 1. The number of hydrogen-bond acceptors (Lipinski definition) is 3. The van der Waals surface area contributed by atoms with Crippen LogP contribution in [-0.2, 0) is 4.79 Å². The minimum Gasteiger partial charge on any atom is -0.318 e. The highest BCUT2D eigenvalue weighted by atomic mass is 32.2. The summed E-state index contributed by atoms with van der Waals surface area (Å²) in [6.07, 6.45) is 1.88. The molecule has 0 radical (unpaired) electrons. The van der Waals surface area contributed by atoms with Crippen molar-refractivity contribution in [2.75, 3.05) is 0 Å². The number of aryl methyl sites for hydroxylation is 1. The van der Waals surface area contributed by atoms with Gasteiger partial charge in [0.2, 0.25) is 0 Å². The first-order valence-electron chi connectivity index (χ1n) is 8.81. The van der Waals surface area contributed by atoms with Crippen LogP contribution >= 0.6 is 11.8 Å². The van der Waals surface area contributed by atoms with Crippen LogP contribution in [0.1, 0.15) is 17.0 Å². The van der Waals surface area contributed by atoms with Crippen LogP contribution in [-0.4, -0.2) is 15.6 Å². The zero-order valence-electron chi connectivity index (χ0n) is 15.4. The summed E-state index contributed by atoms with van der Waals surface area (Å²) in [6.45, 7) is 4.09. The van der Waals surface area contributed by atoms with Crippen LogP contribution in [0.2, 0.25) is 0 Å². The van der Waals surface area contributed by atoms with Crippen LogP contribution in [0.5, 0.6) is 0 Å². The number of carbonyl (C=O) groups is 1. The number of hydrogen-bond donors (Lipinski definition) is 1. The molecule has 1 aliphatic rings. The van der Waals surface area contributed by atoms with E-state index in [2.05, 4.69) is 33.1 Å². The molecule has 4 nitrogen and oxygen atoms in total. The highest BCUT2D eigenvalue weighted by molar-refractivity contribution is 8.18. The van der Waals surface area contributed by atoms with Crippen LogP contribution in [0, 0.1) is 19.7 Å². The van der Waals surface area contributed by atoms with E-state index in [1.54, 1.807) is 12.1 Å². The zero-order chi connectivity index (χ0) is 19.7. The summed E-state index contributed by atoms with van der Waals surface area (Å²) in [4.78, 5) is 17.3. The molecule has 1 saturated heterocycles. The third kappa shape index (κ3) is 3.64. The van der Waals surface area contributed by atoms with E-state index in [-0.39, 0.29) is 11.7 Å². The molecule has 0 unspecified atom stereocenters. The molecule has 0 atom stereocenters. The van der Waals surface area contributed by atoms with Crippen molar-refractivity contribution in [3.63, 3.8) is 0 Å². The van der Waals surface area contributed by atoms with E-state index in [1.807, 2.05) is 38.1 Å². The molecular weight excluding hydrogens is 373 g/mol. The molecular formula is C22H18FN3OS. The molecule has 1 N–H and O–H groups in total. The van der Waals surface area contributed by atoms with Crippen molar-refractivity contribution in [2.24, 2.45) is 4.99 Å². The zero-order valence-corrected chi connectivity index (χ0v) is 16.3. The minimum atomic E-state index is -0.318. The normalized spacial score (nSPS) is 16.8. The van der Waals surface area contributed by atoms with Crippen molar-refractivity contribution in [2.45, 2.75) is 13.8 Å². The quantitative estimate of drug-likeness (QED) is 0.630. The Morgan fingerprint density at radius 1 is 1.07 bits per heavy atom. The summed E-state index contributed by atoms with van der Waals surface area (Å²) >= 11 is 1.28. The first-order valence-corrected chi connectivity index (χ1v) is 9.62. The van der Waals surface area contributed by atoms with Crippen molar-refractivity contribution in [1.82, 2.24) is 9.88 Å². The van der Waals surface area contributed by atoms with Gasteiger partial charge >= 0.3 is 0 Å². The number of thioether (sulfide) groups is 1. The Morgan fingerprint density at radius 2 is 1.79 bits per heavy atom. The van der Waals surface area contributed by atoms with Crippen molar-refractivity contribution in [3.05, 3.63) is 88.3 Å². The topological polar surface area (TPSA) is 46.4 Å². The van der Waals surface area contributed by atoms with Gasteiger partial charge in [0.25, 0.3) is 5.91 Å². The fourth-order valence-electron chi connectivity index (χ4n) is 3.16. The molecule has 1 amide bonds. The van der Waals surface area contributed by atoms with Gasteiger partial charge in [-0.2, -0.15) is 0 Å². The average molecular weight is 391 g/mol. The second-order valence-corrected chi connectivity index (χ2v) is 7.49. The fourth-order valence-corrected chi connectivity index (χ4v) is 4.00. The highest BCUT2D eigenvalue weighted by Gasteiger charge is 2.24. The molecule has 4 rings (SSSR count). The van der Waals surface area contributed by atoms with Crippen molar-refractivity contribution < 1.29 is 9.18 Å². The number of nitrogens with zero attached hydrogens (tertiary/aromatic N) is 2. The molecule has 0 bridgehead atoms. The summed E-state index contributed by atoms with van der Waals surface area (Å²) in [5.41, 5.74) is 4.83. The number of para-hydroxylation sites is 1. The van der Waals surface area contributed by atoms with Crippen LogP contribution in [0.3, 0.4) is 0 Å². The number of aromatic nitrogens is 1. The lowest BCUT2D eigenvalue weighted by Gasteiger charge is -2.09. The molecule has 0 spiro atoms. The lowest BCUT2D eigenvalue weighted by atomic mass is 10.2. The first kappa shape index (κ1) is 18.3. The van der Waals surface area contributed by atoms with E-state index >= 15 is 0 Å².